The lowest BCUT2D eigenvalue weighted by atomic mass is 10.0. The first-order chi connectivity index (χ1) is 20.8. The molecule has 0 saturated carbocycles. The first-order valence-electron chi connectivity index (χ1n) is 15.2. The fourth-order valence-electron chi connectivity index (χ4n) is 6.68. The standard InChI is InChI=1S/C32H38FN5O5/c33-23-15-28-31(41)34-24-16-27(37(19-24)17-22-6-2-1-3-7-22)30(40)35-26(32(42)38(28)18-23)14-21-8-10-25(11-9-21)43-20-29(39)36-12-4-5-13-36/h1-3,6-11,23-24,26-28H,4-5,12-20H2,(H,34,41)(H,35,40)/t23-,24+,26-,27-,28-/m0/s1. The minimum atomic E-state index is -1.32. The molecular formula is C32H38FN5O5. The summed E-state index contributed by atoms with van der Waals surface area (Å²) in [6.07, 6.45) is 1.21. The number of benzene rings is 2. The van der Waals surface area contributed by atoms with Gasteiger partial charge in [-0.15, -0.1) is 0 Å². The molecule has 4 saturated heterocycles. The third-order valence-corrected chi connectivity index (χ3v) is 8.92. The molecule has 4 aliphatic rings. The quantitative estimate of drug-likeness (QED) is 0.504. The van der Waals surface area contributed by atoms with Gasteiger partial charge in [0.05, 0.1) is 12.6 Å². The Bertz CT molecular complexity index is 1340. The Morgan fingerprint density at radius 2 is 1.58 bits per heavy atom. The van der Waals surface area contributed by atoms with Gasteiger partial charge >= 0.3 is 0 Å². The number of rotatable bonds is 7. The van der Waals surface area contributed by atoms with Crippen molar-refractivity contribution in [1.29, 1.82) is 0 Å². The van der Waals surface area contributed by atoms with Crippen LogP contribution in [0.4, 0.5) is 4.39 Å². The van der Waals surface area contributed by atoms with Gasteiger partial charge in [0.15, 0.2) is 6.61 Å². The van der Waals surface area contributed by atoms with E-state index in [0.29, 0.717) is 25.3 Å². The lowest BCUT2D eigenvalue weighted by Crippen LogP contribution is -2.56. The molecular weight excluding hydrogens is 553 g/mol. The molecule has 4 aliphatic heterocycles. The molecule has 0 spiro atoms. The van der Waals surface area contributed by atoms with Gasteiger partial charge in [-0.25, -0.2) is 4.39 Å². The first kappa shape index (κ1) is 29.1. The highest BCUT2D eigenvalue weighted by atomic mass is 19.1. The van der Waals surface area contributed by atoms with Crippen LogP contribution in [0, 0.1) is 0 Å². The van der Waals surface area contributed by atoms with Crippen LogP contribution in [0.3, 0.4) is 0 Å². The number of hydrogen-bond acceptors (Lipinski definition) is 6. The van der Waals surface area contributed by atoms with Gasteiger partial charge in [0.25, 0.3) is 5.91 Å². The SMILES string of the molecule is O=C1N[C@@H](Cc2ccc(OCC(=O)N3CCCC3)cc2)C(=O)N2C[C@@H](F)C[C@H]2C(=O)N[C@@H]2C[C@@H]1N(Cc1ccccc1)C2. The van der Waals surface area contributed by atoms with Gasteiger partial charge in [0, 0.05) is 45.1 Å². The van der Waals surface area contributed by atoms with E-state index in [-0.39, 0.29) is 49.8 Å². The number of halogens is 1. The van der Waals surface area contributed by atoms with Gasteiger partial charge < -0.3 is 25.2 Å². The van der Waals surface area contributed by atoms with Crippen LogP contribution in [0.2, 0.25) is 0 Å². The number of amides is 4. The third-order valence-electron chi connectivity index (χ3n) is 8.92. The summed E-state index contributed by atoms with van der Waals surface area (Å²) < 4.78 is 20.3. The van der Waals surface area contributed by atoms with Crippen LogP contribution in [0.5, 0.6) is 5.75 Å². The summed E-state index contributed by atoms with van der Waals surface area (Å²) in [7, 11) is 0. The Labute approximate surface area is 250 Å². The predicted molar refractivity (Wildman–Crippen MR) is 156 cm³/mol. The number of ether oxygens (including phenoxy) is 1. The maximum Gasteiger partial charge on any atom is 0.260 e. The third kappa shape index (κ3) is 6.66. The molecule has 4 heterocycles. The van der Waals surface area contributed by atoms with E-state index in [4.69, 9.17) is 4.74 Å². The maximum absolute atomic E-state index is 14.6. The van der Waals surface area contributed by atoms with Crippen molar-refractivity contribution in [3.8, 4) is 5.75 Å². The fourth-order valence-corrected chi connectivity index (χ4v) is 6.68. The van der Waals surface area contributed by atoms with Gasteiger partial charge in [-0.05, 0) is 42.5 Å². The number of fused-ring (bicyclic) bond motifs is 3. The average molecular weight is 592 g/mol. The van der Waals surface area contributed by atoms with Crippen LogP contribution >= 0.6 is 0 Å². The molecule has 2 N–H and O–H groups in total. The molecule has 6 rings (SSSR count). The summed E-state index contributed by atoms with van der Waals surface area (Å²) in [6.45, 7) is 2.29. The Kier molecular flexibility index (Phi) is 8.60. The van der Waals surface area contributed by atoms with Crippen molar-refractivity contribution < 1.29 is 28.3 Å². The molecule has 5 atom stereocenters. The van der Waals surface area contributed by atoms with Crippen molar-refractivity contribution >= 4 is 23.6 Å². The average Bonchev–Trinajstić information content (AvgIpc) is 3.77. The van der Waals surface area contributed by atoms with Crippen LogP contribution in [0.25, 0.3) is 0 Å². The number of nitrogens with zero attached hydrogens (tertiary/aromatic N) is 3. The number of likely N-dealkylation sites (tertiary alicyclic amines) is 2. The van der Waals surface area contributed by atoms with Gasteiger partial charge in [0.1, 0.15) is 24.0 Å². The van der Waals surface area contributed by atoms with E-state index >= 15 is 0 Å². The molecule has 0 unspecified atom stereocenters. The zero-order valence-electron chi connectivity index (χ0n) is 24.1. The summed E-state index contributed by atoms with van der Waals surface area (Å²) >= 11 is 0. The van der Waals surface area contributed by atoms with Crippen LogP contribution in [0.15, 0.2) is 54.6 Å². The molecule has 2 bridgehead atoms. The summed E-state index contributed by atoms with van der Waals surface area (Å²) in [5, 5.41) is 5.97. The Morgan fingerprint density at radius 1 is 0.860 bits per heavy atom. The lowest BCUT2D eigenvalue weighted by molar-refractivity contribution is -0.142. The first-order valence-corrected chi connectivity index (χ1v) is 15.2. The minimum absolute atomic E-state index is 0.0405. The summed E-state index contributed by atoms with van der Waals surface area (Å²) in [4.78, 5) is 58.3. The maximum atomic E-state index is 14.6. The number of alkyl halides is 1. The van der Waals surface area contributed by atoms with Gasteiger partial charge in [-0.1, -0.05) is 42.5 Å². The lowest BCUT2D eigenvalue weighted by Gasteiger charge is -2.31. The zero-order chi connectivity index (χ0) is 29.9. The predicted octanol–water partition coefficient (Wildman–Crippen LogP) is 1.43. The van der Waals surface area contributed by atoms with Crippen molar-refractivity contribution in [2.75, 3.05) is 32.8 Å². The van der Waals surface area contributed by atoms with E-state index in [0.717, 1.165) is 37.1 Å². The van der Waals surface area contributed by atoms with Crippen molar-refractivity contribution in [2.45, 2.75) is 69.0 Å². The Hall–Kier alpha value is -3.99. The van der Waals surface area contributed by atoms with E-state index in [9.17, 15) is 23.6 Å². The molecule has 10 nitrogen and oxygen atoms in total. The molecule has 2 aromatic rings. The molecule has 4 amide bonds. The van der Waals surface area contributed by atoms with E-state index in [2.05, 4.69) is 10.6 Å². The second kappa shape index (κ2) is 12.7. The minimum Gasteiger partial charge on any atom is -0.484 e. The number of carbonyl (C=O) groups is 4. The van der Waals surface area contributed by atoms with Crippen LogP contribution in [-0.2, 0) is 32.1 Å². The van der Waals surface area contributed by atoms with Crippen LogP contribution in [0.1, 0.15) is 36.8 Å². The van der Waals surface area contributed by atoms with Crippen LogP contribution in [-0.4, -0.2) is 101 Å². The van der Waals surface area contributed by atoms with E-state index in [1.54, 1.807) is 29.2 Å². The fraction of sp³-hybridized carbons (Fsp3) is 0.500. The molecule has 0 aromatic heterocycles. The van der Waals surface area contributed by atoms with Crippen molar-refractivity contribution in [3.63, 3.8) is 0 Å². The van der Waals surface area contributed by atoms with Gasteiger partial charge in [0.2, 0.25) is 17.7 Å². The molecule has 11 heteroatoms. The molecule has 43 heavy (non-hydrogen) atoms. The zero-order valence-corrected chi connectivity index (χ0v) is 24.1. The number of nitrogens with one attached hydrogen (secondary N) is 2. The van der Waals surface area contributed by atoms with Crippen LogP contribution < -0.4 is 15.4 Å². The molecule has 0 aliphatic carbocycles. The largest absolute Gasteiger partial charge is 0.484 e. The van der Waals surface area contributed by atoms with Gasteiger partial charge in [-0.2, -0.15) is 0 Å². The Morgan fingerprint density at radius 3 is 2.33 bits per heavy atom. The molecule has 228 valence electrons. The van der Waals surface area contributed by atoms with Gasteiger partial charge in [-0.3, -0.25) is 24.1 Å². The highest BCUT2D eigenvalue weighted by Crippen LogP contribution is 2.27. The highest BCUT2D eigenvalue weighted by Gasteiger charge is 2.46. The van der Waals surface area contributed by atoms with E-state index < -0.39 is 30.2 Å². The molecule has 4 fully saturated rings. The smallest absolute Gasteiger partial charge is 0.260 e. The monoisotopic (exact) mass is 591 g/mol. The topological polar surface area (TPSA) is 111 Å². The summed E-state index contributed by atoms with van der Waals surface area (Å²) in [6, 6.07) is 14.1. The number of hydrogen-bond donors (Lipinski definition) is 2. The van der Waals surface area contributed by atoms with Crippen molar-refractivity contribution in [1.82, 2.24) is 25.3 Å². The second-order valence-electron chi connectivity index (χ2n) is 12.0. The van der Waals surface area contributed by atoms with Crippen molar-refractivity contribution in [2.24, 2.45) is 0 Å². The van der Waals surface area contributed by atoms with Crippen molar-refractivity contribution in [3.05, 3.63) is 65.7 Å². The second-order valence-corrected chi connectivity index (χ2v) is 12.0. The normalized spacial score (nSPS) is 27.8. The molecule has 2 aromatic carbocycles. The van der Waals surface area contributed by atoms with E-state index in [1.807, 2.05) is 35.2 Å². The molecule has 0 radical (unpaired) electrons. The van der Waals surface area contributed by atoms with E-state index in [1.165, 1.54) is 4.90 Å². The summed E-state index contributed by atoms with van der Waals surface area (Å²) in [5.41, 5.74) is 1.80. The highest BCUT2D eigenvalue weighted by molar-refractivity contribution is 5.94. The Balaban J connectivity index is 1.19. The number of carbonyl (C=O) groups excluding carboxylic acids is 4. The summed E-state index contributed by atoms with van der Waals surface area (Å²) in [5.74, 6) is -0.660.